The smallest absolute Gasteiger partial charge is 0.338 e. The van der Waals surface area contributed by atoms with Gasteiger partial charge in [0.25, 0.3) is 5.91 Å². The molecule has 1 aliphatic heterocycles. The first kappa shape index (κ1) is 21.8. The van der Waals surface area contributed by atoms with Gasteiger partial charge in [0.05, 0.1) is 37.5 Å². The van der Waals surface area contributed by atoms with Crippen LogP contribution in [0.5, 0.6) is 0 Å². The van der Waals surface area contributed by atoms with Crippen LogP contribution in [0, 0.1) is 0 Å². The molecule has 1 atom stereocenters. The summed E-state index contributed by atoms with van der Waals surface area (Å²) in [5.41, 5.74) is 2.82. The van der Waals surface area contributed by atoms with Crippen molar-refractivity contribution in [1.29, 1.82) is 0 Å². The molecule has 2 aromatic rings. The lowest BCUT2D eigenvalue weighted by Crippen LogP contribution is -2.44. The van der Waals surface area contributed by atoms with E-state index in [1.165, 1.54) is 7.11 Å². The fourth-order valence-electron chi connectivity index (χ4n) is 3.60. The van der Waals surface area contributed by atoms with Gasteiger partial charge in [0.15, 0.2) is 0 Å². The Morgan fingerprint density at radius 3 is 2.30 bits per heavy atom. The summed E-state index contributed by atoms with van der Waals surface area (Å²) < 4.78 is 10.3. The highest BCUT2D eigenvalue weighted by Gasteiger charge is 2.24. The van der Waals surface area contributed by atoms with Gasteiger partial charge in [-0.25, -0.2) is 4.79 Å². The van der Waals surface area contributed by atoms with Crippen LogP contribution in [-0.2, 0) is 9.47 Å². The average molecular weight is 412 g/mol. The summed E-state index contributed by atoms with van der Waals surface area (Å²) in [7, 11) is 5.32. The zero-order chi connectivity index (χ0) is 21.5. The summed E-state index contributed by atoms with van der Waals surface area (Å²) in [6.45, 7) is 3.37. The van der Waals surface area contributed by atoms with Crippen LogP contribution >= 0.6 is 0 Å². The highest BCUT2D eigenvalue weighted by Crippen LogP contribution is 2.24. The molecule has 0 unspecified atom stereocenters. The van der Waals surface area contributed by atoms with E-state index in [-0.39, 0.29) is 17.5 Å². The largest absolute Gasteiger partial charge is 0.465 e. The van der Waals surface area contributed by atoms with Gasteiger partial charge in [-0.15, -0.1) is 0 Å². The number of morpholine rings is 1. The van der Waals surface area contributed by atoms with Gasteiger partial charge in [-0.2, -0.15) is 0 Å². The number of nitrogens with one attached hydrogen (secondary N) is 1. The van der Waals surface area contributed by atoms with Crippen LogP contribution in [0.2, 0.25) is 0 Å². The quantitative estimate of drug-likeness (QED) is 0.706. The molecule has 1 N–H and O–H groups in total. The van der Waals surface area contributed by atoms with Crippen molar-refractivity contribution in [3.05, 3.63) is 65.2 Å². The zero-order valence-corrected chi connectivity index (χ0v) is 17.8. The number of carbonyl (C=O) groups excluding carboxylic acids is 2. The molecule has 0 bridgehead atoms. The Hall–Kier alpha value is -2.90. The van der Waals surface area contributed by atoms with Gasteiger partial charge in [-0.3, -0.25) is 9.69 Å². The van der Waals surface area contributed by atoms with Crippen molar-refractivity contribution >= 4 is 17.6 Å². The minimum absolute atomic E-state index is 0.0133. The Kier molecular flexibility index (Phi) is 7.43. The average Bonchev–Trinajstić information content (AvgIpc) is 2.79. The van der Waals surface area contributed by atoms with E-state index in [1.54, 1.807) is 24.3 Å². The number of nitrogens with zero attached hydrogens (tertiary/aromatic N) is 2. The maximum Gasteiger partial charge on any atom is 0.338 e. The molecule has 0 saturated carbocycles. The van der Waals surface area contributed by atoms with Gasteiger partial charge in [-0.1, -0.05) is 24.3 Å². The molecule has 1 saturated heterocycles. The van der Waals surface area contributed by atoms with E-state index >= 15 is 0 Å². The topological polar surface area (TPSA) is 71.1 Å². The lowest BCUT2D eigenvalue weighted by molar-refractivity contribution is 0.0162. The summed E-state index contributed by atoms with van der Waals surface area (Å²) in [6.07, 6.45) is 0. The molecule has 7 heteroatoms. The number of rotatable bonds is 7. The fourth-order valence-corrected chi connectivity index (χ4v) is 3.60. The first-order valence-corrected chi connectivity index (χ1v) is 10.1. The van der Waals surface area contributed by atoms with E-state index in [1.807, 2.05) is 14.1 Å². The maximum absolute atomic E-state index is 12.9. The van der Waals surface area contributed by atoms with Crippen molar-refractivity contribution < 1.29 is 19.1 Å². The lowest BCUT2D eigenvalue weighted by atomic mass is 10.0. The molecule has 1 aliphatic rings. The number of hydrogen-bond acceptors (Lipinski definition) is 6. The summed E-state index contributed by atoms with van der Waals surface area (Å²) >= 11 is 0. The lowest BCUT2D eigenvalue weighted by Gasteiger charge is -2.35. The van der Waals surface area contributed by atoms with Crippen LogP contribution in [0.25, 0.3) is 0 Å². The predicted molar refractivity (Wildman–Crippen MR) is 116 cm³/mol. The van der Waals surface area contributed by atoms with Crippen LogP contribution < -0.4 is 10.2 Å². The van der Waals surface area contributed by atoms with Crippen LogP contribution in [0.3, 0.4) is 0 Å². The molecule has 0 radical (unpaired) electrons. The second-order valence-electron chi connectivity index (χ2n) is 7.40. The van der Waals surface area contributed by atoms with Gasteiger partial charge in [-0.05, 0) is 29.8 Å². The molecular formula is C23H29N3O4. The number of carbonyl (C=O) groups is 2. The Bertz CT molecular complexity index is 861. The minimum atomic E-state index is -0.523. The number of ether oxygens (including phenoxy) is 2. The van der Waals surface area contributed by atoms with Gasteiger partial charge < -0.3 is 19.7 Å². The third kappa shape index (κ3) is 5.17. The monoisotopic (exact) mass is 411 g/mol. The first-order chi connectivity index (χ1) is 14.5. The molecule has 1 heterocycles. The maximum atomic E-state index is 12.9. The third-order valence-electron chi connectivity index (χ3n) is 5.31. The SMILES string of the molecule is COC(=O)c1ccccc1C(=O)NC[C@@H](c1ccc(N(C)C)cc1)N1CCOCC1. The number of benzene rings is 2. The van der Waals surface area contributed by atoms with Crippen LogP contribution in [-0.4, -0.2) is 70.8 Å². The van der Waals surface area contributed by atoms with E-state index in [4.69, 9.17) is 9.47 Å². The Labute approximate surface area is 177 Å². The molecule has 1 amide bonds. The Balaban J connectivity index is 1.78. The number of esters is 1. The molecule has 2 aromatic carbocycles. The zero-order valence-electron chi connectivity index (χ0n) is 17.8. The number of anilines is 1. The van der Waals surface area contributed by atoms with E-state index in [2.05, 4.69) is 39.4 Å². The van der Waals surface area contributed by atoms with Crippen molar-refractivity contribution in [3.63, 3.8) is 0 Å². The van der Waals surface area contributed by atoms with Crippen molar-refractivity contribution in [2.45, 2.75) is 6.04 Å². The van der Waals surface area contributed by atoms with Crippen molar-refractivity contribution in [2.24, 2.45) is 0 Å². The summed E-state index contributed by atoms with van der Waals surface area (Å²) in [5, 5.41) is 3.01. The highest BCUT2D eigenvalue weighted by molar-refractivity contribution is 6.05. The molecule has 0 aliphatic carbocycles. The molecule has 160 valence electrons. The van der Waals surface area contributed by atoms with Gasteiger partial charge in [0.2, 0.25) is 0 Å². The van der Waals surface area contributed by atoms with Crippen molar-refractivity contribution in [3.8, 4) is 0 Å². The van der Waals surface area contributed by atoms with Crippen molar-refractivity contribution in [1.82, 2.24) is 10.2 Å². The van der Waals surface area contributed by atoms with Crippen LogP contribution in [0.1, 0.15) is 32.3 Å². The Morgan fingerprint density at radius 2 is 1.70 bits per heavy atom. The standard InChI is InChI=1S/C23H29N3O4/c1-25(2)18-10-8-17(9-11-18)21(26-12-14-30-15-13-26)16-24-22(27)19-6-4-5-7-20(19)23(28)29-3/h4-11,21H,12-16H2,1-3H3,(H,24,27)/t21-/m0/s1. The second-order valence-corrected chi connectivity index (χ2v) is 7.40. The minimum Gasteiger partial charge on any atom is -0.465 e. The van der Waals surface area contributed by atoms with Gasteiger partial charge >= 0.3 is 5.97 Å². The van der Waals surface area contributed by atoms with E-state index < -0.39 is 5.97 Å². The van der Waals surface area contributed by atoms with Gasteiger partial charge in [0, 0.05) is 39.4 Å². The van der Waals surface area contributed by atoms with Crippen molar-refractivity contribution in [2.75, 3.05) is 59.0 Å². The molecule has 3 rings (SSSR count). The first-order valence-electron chi connectivity index (χ1n) is 10.1. The van der Waals surface area contributed by atoms with Gasteiger partial charge in [0.1, 0.15) is 0 Å². The summed E-state index contributed by atoms with van der Waals surface area (Å²) in [6, 6.07) is 15.1. The van der Waals surface area contributed by atoms with E-state index in [0.717, 1.165) is 24.3 Å². The Morgan fingerprint density at radius 1 is 1.07 bits per heavy atom. The summed E-state index contributed by atoms with van der Waals surface area (Å²) in [4.78, 5) is 29.3. The van der Waals surface area contributed by atoms with Crippen LogP contribution in [0.4, 0.5) is 5.69 Å². The molecule has 7 nitrogen and oxygen atoms in total. The number of hydrogen-bond donors (Lipinski definition) is 1. The highest BCUT2D eigenvalue weighted by atomic mass is 16.5. The summed E-state index contributed by atoms with van der Waals surface area (Å²) in [5.74, 6) is -0.816. The van der Waals surface area contributed by atoms with E-state index in [0.29, 0.717) is 25.3 Å². The molecule has 0 aromatic heterocycles. The molecule has 0 spiro atoms. The van der Waals surface area contributed by atoms with E-state index in [9.17, 15) is 9.59 Å². The number of amides is 1. The second kappa shape index (κ2) is 10.2. The molecular weight excluding hydrogens is 382 g/mol. The fraction of sp³-hybridized carbons (Fsp3) is 0.391. The normalized spacial score (nSPS) is 15.3. The molecule has 1 fully saturated rings. The third-order valence-corrected chi connectivity index (χ3v) is 5.31. The number of methoxy groups -OCH3 is 1. The van der Waals surface area contributed by atoms with Crippen LogP contribution in [0.15, 0.2) is 48.5 Å². The predicted octanol–water partition coefficient (Wildman–Crippen LogP) is 2.34. The molecule has 30 heavy (non-hydrogen) atoms.